The molecule has 0 aliphatic carbocycles. The predicted octanol–water partition coefficient (Wildman–Crippen LogP) is 4.51. The van der Waals surface area contributed by atoms with Crippen molar-refractivity contribution in [1.82, 2.24) is 5.32 Å². The van der Waals surface area contributed by atoms with E-state index < -0.39 is 41.7 Å². The predicted molar refractivity (Wildman–Crippen MR) is 136 cm³/mol. The van der Waals surface area contributed by atoms with E-state index in [-0.39, 0.29) is 25.7 Å². The number of hydrogen-bond acceptors (Lipinski definition) is 6. The number of rotatable bonds is 17. The maximum atomic E-state index is 12.3. The monoisotopic (exact) mass is 506 g/mol. The van der Waals surface area contributed by atoms with E-state index in [0.717, 1.165) is 38.5 Å². The van der Waals surface area contributed by atoms with Crippen LogP contribution in [-0.4, -0.2) is 46.8 Å². The first kappa shape index (κ1) is 30.9. The highest BCUT2D eigenvalue weighted by Gasteiger charge is 2.24. The van der Waals surface area contributed by atoms with E-state index in [4.69, 9.17) is 15.2 Å². The summed E-state index contributed by atoms with van der Waals surface area (Å²) < 4.78 is 10.5. The van der Waals surface area contributed by atoms with E-state index in [1.807, 2.05) is 18.2 Å². The summed E-state index contributed by atoms with van der Waals surface area (Å²) in [5.41, 5.74) is 5.89. The second-order valence-corrected chi connectivity index (χ2v) is 10.0. The number of carboxylic acid groups (broad SMARTS) is 1. The number of ether oxygens (including phenoxy) is 2. The Hall–Kier alpha value is -3.10. The van der Waals surface area contributed by atoms with Crippen LogP contribution in [-0.2, 0) is 30.3 Å². The van der Waals surface area contributed by atoms with Crippen molar-refractivity contribution in [2.45, 2.75) is 109 Å². The molecule has 1 aromatic rings. The molecule has 1 unspecified atom stereocenters. The van der Waals surface area contributed by atoms with Crippen molar-refractivity contribution in [2.75, 3.05) is 0 Å². The zero-order valence-electron chi connectivity index (χ0n) is 21.8. The molecule has 2 atom stereocenters. The lowest BCUT2D eigenvalue weighted by molar-refractivity contribution is -0.151. The zero-order chi connectivity index (χ0) is 27.0. The summed E-state index contributed by atoms with van der Waals surface area (Å²) in [5.74, 6) is -2.28. The highest BCUT2D eigenvalue weighted by molar-refractivity contribution is 5.80. The van der Waals surface area contributed by atoms with Crippen LogP contribution in [0.15, 0.2) is 30.3 Å². The number of nitrogens with one attached hydrogen (secondary N) is 1. The Balaban J connectivity index is 2.32. The Morgan fingerprint density at radius 3 is 2.19 bits per heavy atom. The number of carboxylic acids is 1. The van der Waals surface area contributed by atoms with Gasteiger partial charge in [0, 0.05) is 6.42 Å². The summed E-state index contributed by atoms with van der Waals surface area (Å²) in [6.07, 6.45) is 5.40. The van der Waals surface area contributed by atoms with Crippen molar-refractivity contribution in [3.63, 3.8) is 0 Å². The normalized spacial score (nSPS) is 12.9. The Labute approximate surface area is 214 Å². The van der Waals surface area contributed by atoms with Crippen molar-refractivity contribution < 1.29 is 33.8 Å². The summed E-state index contributed by atoms with van der Waals surface area (Å²) >= 11 is 0. The van der Waals surface area contributed by atoms with E-state index in [1.54, 1.807) is 20.8 Å². The minimum Gasteiger partial charge on any atom is -0.480 e. The molecule has 9 nitrogen and oxygen atoms in total. The topological polar surface area (TPSA) is 145 Å². The molecule has 1 rings (SSSR count). The summed E-state index contributed by atoms with van der Waals surface area (Å²) in [5, 5.41) is 11.6. The van der Waals surface area contributed by atoms with Crippen molar-refractivity contribution in [1.29, 1.82) is 0 Å². The van der Waals surface area contributed by atoms with Gasteiger partial charge < -0.3 is 25.6 Å². The number of alkyl carbamates (subject to hydrolysis) is 1. The molecule has 0 aromatic heterocycles. The number of nitrogens with two attached hydrogens (primary N) is 1. The van der Waals surface area contributed by atoms with Gasteiger partial charge in [-0.1, -0.05) is 49.6 Å². The van der Waals surface area contributed by atoms with Crippen molar-refractivity contribution in [2.24, 2.45) is 5.73 Å². The molecule has 0 fully saturated rings. The maximum absolute atomic E-state index is 12.3. The van der Waals surface area contributed by atoms with Crippen LogP contribution in [0.5, 0.6) is 0 Å². The van der Waals surface area contributed by atoms with E-state index in [2.05, 4.69) is 17.4 Å². The third-order valence-electron chi connectivity index (χ3n) is 5.42. The van der Waals surface area contributed by atoms with Gasteiger partial charge in [0.15, 0.2) is 0 Å². The van der Waals surface area contributed by atoms with Crippen molar-refractivity contribution in [3.8, 4) is 0 Å². The first-order valence-electron chi connectivity index (χ1n) is 12.7. The van der Waals surface area contributed by atoms with Crippen LogP contribution in [0.4, 0.5) is 4.79 Å². The van der Waals surface area contributed by atoms with Gasteiger partial charge in [-0.2, -0.15) is 0 Å². The van der Waals surface area contributed by atoms with Gasteiger partial charge in [0.2, 0.25) is 5.91 Å². The number of primary amides is 1. The van der Waals surface area contributed by atoms with Gasteiger partial charge in [0.25, 0.3) is 0 Å². The first-order chi connectivity index (χ1) is 17.0. The van der Waals surface area contributed by atoms with Crippen LogP contribution in [0, 0.1) is 0 Å². The Morgan fingerprint density at radius 2 is 1.58 bits per heavy atom. The van der Waals surface area contributed by atoms with Crippen LogP contribution in [0.1, 0.15) is 90.5 Å². The van der Waals surface area contributed by atoms with Crippen LogP contribution in [0.25, 0.3) is 0 Å². The van der Waals surface area contributed by atoms with Gasteiger partial charge in [0.05, 0.1) is 6.42 Å². The standard InChI is InChI=1S/C27H42N2O7/c1-27(2,3)36-26(34)29-22(25(32)33)17-12-18-24(31)35-21(19-23(28)30)16-11-6-4-5-8-13-20-14-9-7-10-15-20/h7,9-10,14-15,21-22H,4-6,8,11-13,16-19H2,1-3H3,(H2,28,30)(H,29,34)(H,32,33)/t21-,22?/m0/s1. The van der Waals surface area contributed by atoms with Crippen LogP contribution >= 0.6 is 0 Å². The molecule has 9 heteroatoms. The lowest BCUT2D eigenvalue weighted by Gasteiger charge is -2.22. The number of aliphatic carboxylic acids is 1. The van der Waals surface area contributed by atoms with Crippen LogP contribution in [0.2, 0.25) is 0 Å². The molecule has 0 heterocycles. The molecule has 36 heavy (non-hydrogen) atoms. The molecule has 0 spiro atoms. The lowest BCUT2D eigenvalue weighted by Crippen LogP contribution is -2.43. The molecular formula is C27H42N2O7. The van der Waals surface area contributed by atoms with Gasteiger partial charge >= 0.3 is 18.0 Å². The fraction of sp³-hybridized carbons (Fsp3) is 0.630. The smallest absolute Gasteiger partial charge is 0.408 e. The summed E-state index contributed by atoms with van der Waals surface area (Å²) in [6.45, 7) is 5.02. The minimum absolute atomic E-state index is 0.0332. The zero-order valence-corrected chi connectivity index (χ0v) is 21.8. The van der Waals surface area contributed by atoms with Gasteiger partial charge in [-0.25, -0.2) is 9.59 Å². The summed E-state index contributed by atoms with van der Waals surface area (Å²) in [6, 6.07) is 9.16. The molecule has 2 amide bonds. The fourth-order valence-corrected chi connectivity index (χ4v) is 3.71. The molecule has 202 valence electrons. The first-order valence-corrected chi connectivity index (χ1v) is 12.7. The average molecular weight is 507 g/mol. The van der Waals surface area contributed by atoms with E-state index >= 15 is 0 Å². The van der Waals surface area contributed by atoms with Gasteiger partial charge in [-0.3, -0.25) is 9.59 Å². The average Bonchev–Trinajstić information content (AvgIpc) is 2.76. The van der Waals surface area contributed by atoms with Gasteiger partial charge in [0.1, 0.15) is 17.7 Å². The van der Waals surface area contributed by atoms with Crippen LogP contribution < -0.4 is 11.1 Å². The highest BCUT2D eigenvalue weighted by atomic mass is 16.6. The molecule has 0 saturated carbocycles. The second-order valence-electron chi connectivity index (χ2n) is 10.0. The number of esters is 1. The highest BCUT2D eigenvalue weighted by Crippen LogP contribution is 2.15. The number of unbranched alkanes of at least 4 members (excludes halogenated alkanes) is 4. The number of hydrogen-bond donors (Lipinski definition) is 3. The number of benzene rings is 1. The van der Waals surface area contributed by atoms with Gasteiger partial charge in [-0.05, 0) is 64.9 Å². The third-order valence-corrected chi connectivity index (χ3v) is 5.42. The number of amides is 2. The molecule has 1 aromatic carbocycles. The summed E-state index contributed by atoms with van der Waals surface area (Å²) in [4.78, 5) is 46.9. The van der Waals surface area contributed by atoms with E-state index in [9.17, 15) is 24.3 Å². The second kappa shape index (κ2) is 16.5. The van der Waals surface area contributed by atoms with Crippen LogP contribution in [0.3, 0.4) is 0 Å². The molecule has 0 bridgehead atoms. The maximum Gasteiger partial charge on any atom is 0.408 e. The number of aryl methyl sites for hydroxylation is 1. The lowest BCUT2D eigenvalue weighted by atomic mass is 10.0. The minimum atomic E-state index is -1.22. The van der Waals surface area contributed by atoms with Crippen molar-refractivity contribution in [3.05, 3.63) is 35.9 Å². The molecule has 0 aliphatic heterocycles. The molecule has 0 radical (unpaired) electrons. The quantitative estimate of drug-likeness (QED) is 0.208. The number of carbonyl (C=O) groups excluding carboxylic acids is 3. The molecule has 4 N–H and O–H groups in total. The molecule has 0 saturated heterocycles. The molecular weight excluding hydrogens is 464 g/mol. The largest absolute Gasteiger partial charge is 0.480 e. The Kier molecular flexibility index (Phi) is 14.2. The Morgan fingerprint density at radius 1 is 0.944 bits per heavy atom. The fourth-order valence-electron chi connectivity index (χ4n) is 3.71. The SMILES string of the molecule is CC(C)(C)OC(=O)NC(CCCC(=O)O[C@@H](CCCCCCCc1ccccc1)CC(N)=O)C(=O)O. The summed E-state index contributed by atoms with van der Waals surface area (Å²) in [7, 11) is 0. The van der Waals surface area contributed by atoms with Gasteiger partial charge in [-0.15, -0.1) is 0 Å². The third kappa shape index (κ3) is 15.7. The number of carbonyl (C=O) groups is 4. The van der Waals surface area contributed by atoms with Crippen molar-refractivity contribution >= 4 is 23.9 Å². The van der Waals surface area contributed by atoms with E-state index in [1.165, 1.54) is 5.56 Å². The van der Waals surface area contributed by atoms with E-state index in [0.29, 0.717) is 6.42 Å². The molecule has 0 aliphatic rings. The Bertz CT molecular complexity index is 821.